The SMILES string of the molecule is Cc1ccc(Cc2nc(CCl)n[nH]2)cc1. The Morgan fingerprint density at radius 3 is 2.60 bits per heavy atom. The molecule has 78 valence electrons. The fourth-order valence-electron chi connectivity index (χ4n) is 1.37. The van der Waals surface area contributed by atoms with Crippen LogP contribution >= 0.6 is 11.6 Å². The average molecular weight is 222 g/mol. The molecule has 0 amide bonds. The third-order valence-electron chi connectivity index (χ3n) is 2.19. The van der Waals surface area contributed by atoms with E-state index in [2.05, 4.69) is 46.4 Å². The molecule has 0 aliphatic rings. The summed E-state index contributed by atoms with van der Waals surface area (Å²) in [7, 11) is 0. The van der Waals surface area contributed by atoms with Crippen LogP contribution in [-0.4, -0.2) is 15.2 Å². The maximum atomic E-state index is 5.62. The summed E-state index contributed by atoms with van der Waals surface area (Å²) in [5, 5.41) is 6.85. The predicted octanol–water partition coefficient (Wildman–Crippen LogP) is 2.44. The number of alkyl halides is 1. The number of nitrogens with one attached hydrogen (secondary N) is 1. The van der Waals surface area contributed by atoms with Crippen LogP contribution in [0.4, 0.5) is 0 Å². The molecule has 4 heteroatoms. The average Bonchev–Trinajstić information content (AvgIpc) is 2.69. The van der Waals surface area contributed by atoms with Crippen LogP contribution in [0.5, 0.6) is 0 Å². The molecule has 0 spiro atoms. The van der Waals surface area contributed by atoms with E-state index >= 15 is 0 Å². The van der Waals surface area contributed by atoms with Crippen molar-refractivity contribution >= 4 is 11.6 Å². The smallest absolute Gasteiger partial charge is 0.165 e. The molecule has 15 heavy (non-hydrogen) atoms. The molecule has 0 fully saturated rings. The topological polar surface area (TPSA) is 41.6 Å². The van der Waals surface area contributed by atoms with Gasteiger partial charge in [-0.2, -0.15) is 5.10 Å². The van der Waals surface area contributed by atoms with Crippen molar-refractivity contribution < 1.29 is 0 Å². The molecular formula is C11H12ClN3. The van der Waals surface area contributed by atoms with E-state index in [9.17, 15) is 0 Å². The highest BCUT2D eigenvalue weighted by atomic mass is 35.5. The number of aryl methyl sites for hydroxylation is 1. The number of H-pyrrole nitrogens is 1. The van der Waals surface area contributed by atoms with E-state index in [1.807, 2.05) is 0 Å². The number of halogens is 1. The second-order valence-corrected chi connectivity index (χ2v) is 3.76. The first-order valence-corrected chi connectivity index (χ1v) is 5.33. The number of benzene rings is 1. The minimum absolute atomic E-state index is 0.352. The minimum Gasteiger partial charge on any atom is -0.263 e. The molecular weight excluding hydrogens is 210 g/mol. The van der Waals surface area contributed by atoms with Crippen molar-refractivity contribution in [2.24, 2.45) is 0 Å². The van der Waals surface area contributed by atoms with E-state index in [0.29, 0.717) is 11.7 Å². The summed E-state index contributed by atoms with van der Waals surface area (Å²) in [6.07, 6.45) is 0.768. The van der Waals surface area contributed by atoms with Crippen molar-refractivity contribution in [2.45, 2.75) is 19.2 Å². The molecule has 1 aromatic heterocycles. The summed E-state index contributed by atoms with van der Waals surface area (Å²) in [6, 6.07) is 8.37. The number of aromatic nitrogens is 3. The molecule has 0 saturated carbocycles. The summed E-state index contributed by atoms with van der Waals surface area (Å²) in [4.78, 5) is 4.25. The first-order valence-electron chi connectivity index (χ1n) is 4.79. The molecule has 0 aliphatic heterocycles. The lowest BCUT2D eigenvalue weighted by molar-refractivity contribution is 0.968. The zero-order valence-corrected chi connectivity index (χ0v) is 9.25. The quantitative estimate of drug-likeness (QED) is 0.809. The van der Waals surface area contributed by atoms with Gasteiger partial charge in [0.2, 0.25) is 0 Å². The largest absolute Gasteiger partial charge is 0.263 e. The lowest BCUT2D eigenvalue weighted by atomic mass is 10.1. The number of hydrogen-bond acceptors (Lipinski definition) is 2. The van der Waals surface area contributed by atoms with E-state index in [1.165, 1.54) is 11.1 Å². The van der Waals surface area contributed by atoms with Gasteiger partial charge in [0.15, 0.2) is 5.82 Å². The van der Waals surface area contributed by atoms with Crippen LogP contribution in [0.15, 0.2) is 24.3 Å². The van der Waals surface area contributed by atoms with Crippen LogP contribution in [0.2, 0.25) is 0 Å². The Morgan fingerprint density at radius 1 is 1.27 bits per heavy atom. The van der Waals surface area contributed by atoms with Crippen LogP contribution in [0.1, 0.15) is 22.8 Å². The highest BCUT2D eigenvalue weighted by molar-refractivity contribution is 6.16. The summed E-state index contributed by atoms with van der Waals surface area (Å²) in [5.74, 6) is 1.86. The van der Waals surface area contributed by atoms with Crippen molar-refractivity contribution in [3.05, 3.63) is 47.0 Å². The summed E-state index contributed by atoms with van der Waals surface area (Å²) < 4.78 is 0. The van der Waals surface area contributed by atoms with Crippen molar-refractivity contribution in [3.8, 4) is 0 Å². The van der Waals surface area contributed by atoms with Gasteiger partial charge in [0, 0.05) is 6.42 Å². The second-order valence-electron chi connectivity index (χ2n) is 3.49. The molecule has 2 rings (SSSR count). The van der Waals surface area contributed by atoms with Crippen LogP contribution in [-0.2, 0) is 12.3 Å². The van der Waals surface area contributed by atoms with Crippen molar-refractivity contribution in [2.75, 3.05) is 0 Å². The van der Waals surface area contributed by atoms with Gasteiger partial charge in [-0.25, -0.2) is 4.98 Å². The van der Waals surface area contributed by atoms with E-state index < -0.39 is 0 Å². The van der Waals surface area contributed by atoms with Gasteiger partial charge in [-0.15, -0.1) is 11.6 Å². The number of aromatic amines is 1. The fourth-order valence-corrected chi connectivity index (χ4v) is 1.49. The van der Waals surface area contributed by atoms with Crippen LogP contribution in [0.25, 0.3) is 0 Å². The van der Waals surface area contributed by atoms with E-state index in [1.54, 1.807) is 0 Å². The Balaban J connectivity index is 2.11. The van der Waals surface area contributed by atoms with Gasteiger partial charge in [-0.05, 0) is 12.5 Å². The molecule has 0 saturated heterocycles. The van der Waals surface area contributed by atoms with Gasteiger partial charge >= 0.3 is 0 Å². The van der Waals surface area contributed by atoms with Gasteiger partial charge < -0.3 is 0 Å². The lowest BCUT2D eigenvalue weighted by Gasteiger charge is -1.98. The van der Waals surface area contributed by atoms with Crippen molar-refractivity contribution in [1.29, 1.82) is 0 Å². The molecule has 2 aromatic rings. The van der Waals surface area contributed by atoms with Crippen molar-refractivity contribution in [3.63, 3.8) is 0 Å². The zero-order chi connectivity index (χ0) is 10.7. The number of rotatable bonds is 3. The normalized spacial score (nSPS) is 10.5. The van der Waals surface area contributed by atoms with Gasteiger partial charge in [0.05, 0.1) is 5.88 Å². The third kappa shape index (κ3) is 2.57. The van der Waals surface area contributed by atoms with E-state index in [-0.39, 0.29) is 0 Å². The van der Waals surface area contributed by atoms with Crippen molar-refractivity contribution in [1.82, 2.24) is 15.2 Å². The Hall–Kier alpha value is -1.35. The maximum absolute atomic E-state index is 5.62. The lowest BCUT2D eigenvalue weighted by Crippen LogP contribution is -1.91. The maximum Gasteiger partial charge on any atom is 0.165 e. The summed E-state index contributed by atoms with van der Waals surface area (Å²) in [6.45, 7) is 2.07. The Kier molecular flexibility index (Phi) is 3.02. The van der Waals surface area contributed by atoms with E-state index in [4.69, 9.17) is 11.6 Å². The molecule has 0 atom stereocenters. The molecule has 0 radical (unpaired) electrons. The molecule has 0 aliphatic carbocycles. The second kappa shape index (κ2) is 4.45. The standard InChI is InChI=1S/C11H12ClN3/c1-8-2-4-9(5-3-8)6-10-13-11(7-12)15-14-10/h2-5H,6-7H2,1H3,(H,13,14,15). The number of hydrogen-bond donors (Lipinski definition) is 1. The summed E-state index contributed by atoms with van der Waals surface area (Å²) in [5.41, 5.74) is 2.48. The molecule has 1 N–H and O–H groups in total. The Morgan fingerprint density at radius 2 is 2.00 bits per heavy atom. The van der Waals surface area contributed by atoms with Gasteiger partial charge in [0.25, 0.3) is 0 Å². The monoisotopic (exact) mass is 221 g/mol. The Labute approximate surface area is 93.5 Å². The highest BCUT2D eigenvalue weighted by Gasteiger charge is 2.02. The fraction of sp³-hybridized carbons (Fsp3) is 0.273. The molecule has 1 aromatic carbocycles. The van der Waals surface area contributed by atoms with Gasteiger partial charge in [-0.3, -0.25) is 5.10 Å². The molecule has 0 unspecified atom stereocenters. The zero-order valence-electron chi connectivity index (χ0n) is 8.50. The third-order valence-corrected chi connectivity index (χ3v) is 2.43. The predicted molar refractivity (Wildman–Crippen MR) is 59.9 cm³/mol. The molecule has 1 heterocycles. The summed E-state index contributed by atoms with van der Waals surface area (Å²) >= 11 is 5.62. The minimum atomic E-state index is 0.352. The Bertz CT molecular complexity index is 433. The highest BCUT2D eigenvalue weighted by Crippen LogP contribution is 2.07. The first kappa shape index (κ1) is 10.2. The van der Waals surface area contributed by atoms with Crippen LogP contribution in [0.3, 0.4) is 0 Å². The molecule has 0 bridgehead atoms. The van der Waals surface area contributed by atoms with E-state index in [0.717, 1.165) is 12.2 Å². The van der Waals surface area contributed by atoms with Gasteiger partial charge in [-0.1, -0.05) is 29.8 Å². The van der Waals surface area contributed by atoms with Crippen LogP contribution in [0, 0.1) is 6.92 Å². The van der Waals surface area contributed by atoms with Crippen LogP contribution < -0.4 is 0 Å². The number of nitrogens with zero attached hydrogens (tertiary/aromatic N) is 2. The molecule has 3 nitrogen and oxygen atoms in total. The van der Waals surface area contributed by atoms with Gasteiger partial charge in [0.1, 0.15) is 5.82 Å². The first-order chi connectivity index (χ1) is 7.28.